The summed E-state index contributed by atoms with van der Waals surface area (Å²) < 4.78 is 0.999. The molecular formula is C15H14BrClN2O. The van der Waals surface area contributed by atoms with E-state index in [0.717, 1.165) is 15.7 Å². The molecule has 0 heterocycles. The predicted octanol–water partition coefficient (Wildman–Crippen LogP) is 3.83. The predicted molar refractivity (Wildman–Crippen MR) is 85.9 cm³/mol. The van der Waals surface area contributed by atoms with E-state index in [-0.39, 0.29) is 12.5 Å². The van der Waals surface area contributed by atoms with Crippen LogP contribution in [0.15, 0.2) is 53.0 Å². The Kier molecular flexibility index (Phi) is 5.44. The Balaban J connectivity index is 1.80. The maximum atomic E-state index is 11.8. The fraction of sp³-hybridized carbons (Fsp3) is 0.133. The van der Waals surface area contributed by atoms with Crippen LogP contribution in [0.2, 0.25) is 5.02 Å². The van der Waals surface area contributed by atoms with Crippen molar-refractivity contribution in [3.8, 4) is 0 Å². The van der Waals surface area contributed by atoms with Crippen LogP contribution in [0, 0.1) is 0 Å². The molecule has 2 aromatic rings. The molecule has 5 heteroatoms. The second kappa shape index (κ2) is 7.31. The Morgan fingerprint density at radius 3 is 2.70 bits per heavy atom. The highest BCUT2D eigenvalue weighted by molar-refractivity contribution is 9.10. The summed E-state index contributed by atoms with van der Waals surface area (Å²) in [6.45, 7) is 0.695. The third-order valence-corrected chi connectivity index (χ3v) is 3.51. The van der Waals surface area contributed by atoms with Crippen molar-refractivity contribution in [1.82, 2.24) is 5.32 Å². The van der Waals surface area contributed by atoms with Crippen LogP contribution in [0.25, 0.3) is 0 Å². The molecule has 0 atom stereocenters. The van der Waals surface area contributed by atoms with Crippen LogP contribution >= 0.6 is 27.5 Å². The number of halogens is 2. The molecule has 0 aliphatic heterocycles. The van der Waals surface area contributed by atoms with E-state index >= 15 is 0 Å². The number of benzene rings is 2. The lowest BCUT2D eigenvalue weighted by Crippen LogP contribution is -2.29. The van der Waals surface area contributed by atoms with Crippen LogP contribution in [-0.2, 0) is 11.3 Å². The Hall–Kier alpha value is -1.52. The maximum absolute atomic E-state index is 11.8. The maximum Gasteiger partial charge on any atom is 0.239 e. The van der Waals surface area contributed by atoms with Gasteiger partial charge < -0.3 is 10.6 Å². The number of hydrogen-bond donors (Lipinski definition) is 2. The molecule has 0 aliphatic carbocycles. The molecule has 2 N–H and O–H groups in total. The first-order valence-electron chi connectivity index (χ1n) is 6.15. The molecule has 0 bridgehead atoms. The Labute approximate surface area is 131 Å². The highest BCUT2D eigenvalue weighted by atomic mass is 79.9. The number of para-hydroxylation sites is 1. The van der Waals surface area contributed by atoms with Gasteiger partial charge in [0, 0.05) is 11.0 Å². The molecular weight excluding hydrogens is 340 g/mol. The molecule has 1 amide bonds. The minimum Gasteiger partial charge on any atom is -0.375 e. The fourth-order valence-corrected chi connectivity index (χ4v) is 2.34. The summed E-state index contributed by atoms with van der Waals surface area (Å²) in [7, 11) is 0. The Morgan fingerprint density at radius 2 is 1.95 bits per heavy atom. The zero-order valence-corrected chi connectivity index (χ0v) is 13.0. The van der Waals surface area contributed by atoms with E-state index in [9.17, 15) is 4.79 Å². The van der Waals surface area contributed by atoms with Gasteiger partial charge in [-0.1, -0.05) is 51.8 Å². The Morgan fingerprint density at radius 1 is 1.15 bits per heavy atom. The molecule has 2 aromatic carbocycles. The van der Waals surface area contributed by atoms with Gasteiger partial charge in [0.25, 0.3) is 0 Å². The molecule has 0 aliphatic rings. The topological polar surface area (TPSA) is 41.1 Å². The second-order valence-electron chi connectivity index (χ2n) is 4.24. The van der Waals surface area contributed by atoms with E-state index in [4.69, 9.17) is 11.6 Å². The van der Waals surface area contributed by atoms with Crippen molar-refractivity contribution in [2.24, 2.45) is 0 Å². The highest BCUT2D eigenvalue weighted by Gasteiger charge is 2.03. The molecule has 2 rings (SSSR count). The summed E-state index contributed by atoms with van der Waals surface area (Å²) in [6.07, 6.45) is 0. The van der Waals surface area contributed by atoms with Crippen molar-refractivity contribution < 1.29 is 4.79 Å². The normalized spacial score (nSPS) is 10.1. The third-order valence-electron chi connectivity index (χ3n) is 2.69. The molecule has 0 unspecified atom stereocenters. The highest BCUT2D eigenvalue weighted by Crippen LogP contribution is 2.19. The lowest BCUT2D eigenvalue weighted by Gasteiger charge is -2.09. The number of nitrogens with one attached hydrogen (secondary N) is 2. The van der Waals surface area contributed by atoms with Crippen molar-refractivity contribution in [2.45, 2.75) is 6.54 Å². The van der Waals surface area contributed by atoms with E-state index in [1.807, 2.05) is 42.5 Å². The van der Waals surface area contributed by atoms with E-state index in [2.05, 4.69) is 26.6 Å². The Bertz CT molecular complexity index is 604. The van der Waals surface area contributed by atoms with Crippen LogP contribution in [0.5, 0.6) is 0 Å². The standard InChI is InChI=1S/C15H14BrClN2O/c16-12-5-3-4-11(8-12)9-19-15(20)10-18-14-7-2-1-6-13(14)17/h1-8,18H,9-10H2,(H,19,20). The molecule has 0 radical (unpaired) electrons. The zero-order valence-electron chi connectivity index (χ0n) is 10.7. The molecule has 0 aromatic heterocycles. The second-order valence-corrected chi connectivity index (χ2v) is 5.56. The van der Waals surface area contributed by atoms with Gasteiger partial charge in [0.05, 0.1) is 17.3 Å². The number of carbonyl (C=O) groups is 1. The van der Waals surface area contributed by atoms with Crippen molar-refractivity contribution >= 4 is 39.1 Å². The van der Waals surface area contributed by atoms with Gasteiger partial charge in [-0.15, -0.1) is 0 Å². The first-order chi connectivity index (χ1) is 9.65. The molecule has 0 spiro atoms. The average molecular weight is 354 g/mol. The van der Waals surface area contributed by atoms with E-state index in [1.165, 1.54) is 0 Å². The lowest BCUT2D eigenvalue weighted by molar-refractivity contribution is -0.119. The number of anilines is 1. The first kappa shape index (κ1) is 14.9. The fourth-order valence-electron chi connectivity index (χ4n) is 1.69. The van der Waals surface area contributed by atoms with Crippen molar-refractivity contribution in [2.75, 3.05) is 11.9 Å². The average Bonchev–Trinajstić information content (AvgIpc) is 2.44. The number of hydrogen-bond acceptors (Lipinski definition) is 2. The van der Waals surface area contributed by atoms with Crippen molar-refractivity contribution in [3.63, 3.8) is 0 Å². The van der Waals surface area contributed by atoms with Gasteiger partial charge >= 0.3 is 0 Å². The summed E-state index contributed by atoms with van der Waals surface area (Å²) in [5.41, 5.74) is 1.80. The zero-order chi connectivity index (χ0) is 14.4. The summed E-state index contributed by atoms with van der Waals surface area (Å²) in [6, 6.07) is 15.2. The van der Waals surface area contributed by atoms with Gasteiger partial charge in [-0.3, -0.25) is 4.79 Å². The number of carbonyl (C=O) groups excluding carboxylic acids is 1. The molecule has 20 heavy (non-hydrogen) atoms. The van der Waals surface area contributed by atoms with Crippen molar-refractivity contribution in [3.05, 3.63) is 63.6 Å². The first-order valence-corrected chi connectivity index (χ1v) is 7.32. The van der Waals surface area contributed by atoms with Gasteiger partial charge in [-0.2, -0.15) is 0 Å². The molecule has 3 nitrogen and oxygen atoms in total. The largest absolute Gasteiger partial charge is 0.375 e. The summed E-state index contributed by atoms with van der Waals surface area (Å²) in [5, 5.41) is 6.46. The summed E-state index contributed by atoms with van der Waals surface area (Å²) >= 11 is 9.40. The quantitative estimate of drug-likeness (QED) is 0.857. The van der Waals surface area contributed by atoms with Crippen LogP contribution < -0.4 is 10.6 Å². The van der Waals surface area contributed by atoms with Gasteiger partial charge in [0.15, 0.2) is 0 Å². The monoisotopic (exact) mass is 352 g/mol. The number of amides is 1. The minimum atomic E-state index is -0.0788. The van der Waals surface area contributed by atoms with Crippen molar-refractivity contribution in [1.29, 1.82) is 0 Å². The van der Waals surface area contributed by atoms with Crippen LogP contribution in [0.3, 0.4) is 0 Å². The van der Waals surface area contributed by atoms with Gasteiger partial charge in [-0.05, 0) is 29.8 Å². The van der Waals surface area contributed by atoms with Gasteiger partial charge in [0.2, 0.25) is 5.91 Å². The summed E-state index contributed by atoms with van der Waals surface area (Å²) in [4.78, 5) is 11.8. The molecule has 104 valence electrons. The van der Waals surface area contributed by atoms with Crippen LogP contribution in [0.4, 0.5) is 5.69 Å². The third kappa shape index (κ3) is 4.54. The van der Waals surface area contributed by atoms with E-state index < -0.39 is 0 Å². The molecule has 0 fully saturated rings. The molecule has 0 saturated carbocycles. The van der Waals surface area contributed by atoms with E-state index in [0.29, 0.717) is 11.6 Å². The minimum absolute atomic E-state index is 0.0788. The lowest BCUT2D eigenvalue weighted by atomic mass is 10.2. The smallest absolute Gasteiger partial charge is 0.239 e. The van der Waals surface area contributed by atoms with Gasteiger partial charge in [-0.25, -0.2) is 0 Å². The van der Waals surface area contributed by atoms with Crippen LogP contribution in [-0.4, -0.2) is 12.5 Å². The summed E-state index contributed by atoms with van der Waals surface area (Å²) in [5.74, 6) is -0.0788. The van der Waals surface area contributed by atoms with Crippen LogP contribution in [0.1, 0.15) is 5.56 Å². The van der Waals surface area contributed by atoms with E-state index in [1.54, 1.807) is 6.07 Å². The van der Waals surface area contributed by atoms with Gasteiger partial charge in [0.1, 0.15) is 0 Å². The number of rotatable bonds is 5. The molecule has 0 saturated heterocycles. The SMILES string of the molecule is O=C(CNc1ccccc1Cl)NCc1cccc(Br)c1.